The van der Waals surface area contributed by atoms with Gasteiger partial charge < -0.3 is 9.84 Å². The number of aliphatic hydroxyl groups is 1. The first kappa shape index (κ1) is 20.2. The highest BCUT2D eigenvalue weighted by molar-refractivity contribution is 9.10. The van der Waals surface area contributed by atoms with Crippen molar-refractivity contribution in [2.75, 3.05) is 0 Å². The fourth-order valence-electron chi connectivity index (χ4n) is 3.14. The summed E-state index contributed by atoms with van der Waals surface area (Å²) >= 11 is 16.5. The van der Waals surface area contributed by atoms with E-state index in [1.54, 1.807) is 12.1 Å². The van der Waals surface area contributed by atoms with Crippen molar-refractivity contribution in [3.05, 3.63) is 97.8 Å². The van der Waals surface area contributed by atoms with E-state index in [-0.39, 0.29) is 6.61 Å². The zero-order valence-corrected chi connectivity index (χ0v) is 18.5. The first-order valence-corrected chi connectivity index (χ1v) is 10.5. The Bertz CT molecular complexity index is 1160. The van der Waals surface area contributed by atoms with E-state index in [4.69, 9.17) is 27.9 Å². The molecule has 4 rings (SSSR count). The van der Waals surface area contributed by atoms with Crippen molar-refractivity contribution in [3.63, 3.8) is 0 Å². The van der Waals surface area contributed by atoms with Crippen LogP contribution in [0, 0.1) is 6.92 Å². The van der Waals surface area contributed by atoms with Crippen molar-refractivity contribution in [3.8, 4) is 5.75 Å². The van der Waals surface area contributed by atoms with Crippen LogP contribution in [0.15, 0.2) is 65.4 Å². The normalized spacial score (nSPS) is 12.3. The second kappa shape index (κ2) is 8.36. The van der Waals surface area contributed by atoms with E-state index in [1.165, 1.54) is 0 Å². The van der Waals surface area contributed by atoms with Gasteiger partial charge in [0.2, 0.25) is 0 Å². The molecular formula is C22H17BrCl2N2O2. The largest absolute Gasteiger partial charge is 0.485 e. The first-order chi connectivity index (χ1) is 14.0. The maximum Gasteiger partial charge on any atom is 0.180 e. The molecule has 0 aliphatic rings. The number of aryl methyl sites for hydroxylation is 1. The Labute approximate surface area is 186 Å². The highest BCUT2D eigenvalue weighted by Crippen LogP contribution is 2.33. The molecule has 1 atom stereocenters. The molecule has 4 aromatic rings. The molecule has 0 bridgehead atoms. The molecule has 1 unspecified atom stereocenters. The van der Waals surface area contributed by atoms with Crippen LogP contribution in [0.3, 0.4) is 0 Å². The lowest BCUT2D eigenvalue weighted by Gasteiger charge is -2.15. The summed E-state index contributed by atoms with van der Waals surface area (Å²) < 4.78 is 8.78. The van der Waals surface area contributed by atoms with Gasteiger partial charge in [-0.1, -0.05) is 53.5 Å². The van der Waals surface area contributed by atoms with Crippen molar-refractivity contribution >= 4 is 44.8 Å². The molecule has 29 heavy (non-hydrogen) atoms. The van der Waals surface area contributed by atoms with E-state index < -0.39 is 6.10 Å². The summed E-state index contributed by atoms with van der Waals surface area (Å²) in [6.45, 7) is 2.11. The van der Waals surface area contributed by atoms with Crippen LogP contribution in [-0.2, 0) is 6.61 Å². The first-order valence-electron chi connectivity index (χ1n) is 8.92. The van der Waals surface area contributed by atoms with Gasteiger partial charge in [0, 0.05) is 21.8 Å². The summed E-state index contributed by atoms with van der Waals surface area (Å²) in [5.74, 6) is 0.627. The Morgan fingerprint density at radius 2 is 1.76 bits per heavy atom. The minimum absolute atomic E-state index is 0.183. The monoisotopic (exact) mass is 490 g/mol. The molecule has 7 heteroatoms. The predicted molar refractivity (Wildman–Crippen MR) is 119 cm³/mol. The third-order valence-corrected chi connectivity index (χ3v) is 6.31. The number of halogens is 3. The van der Waals surface area contributed by atoms with Gasteiger partial charge in [0.15, 0.2) is 11.4 Å². The number of nitrogens with zero attached hydrogens (tertiary/aromatic N) is 2. The SMILES string of the molecule is Cc1nc2c(OCc3c(Cl)cc(C(O)c4ccccc4)cc3Cl)cccn2c1Br. The highest BCUT2D eigenvalue weighted by Gasteiger charge is 2.17. The predicted octanol–water partition coefficient (Wildman–Crippen LogP) is 6.37. The van der Waals surface area contributed by atoms with Crippen LogP contribution in [0.2, 0.25) is 10.0 Å². The highest BCUT2D eigenvalue weighted by atomic mass is 79.9. The lowest BCUT2D eigenvalue weighted by Crippen LogP contribution is -2.03. The lowest BCUT2D eigenvalue weighted by molar-refractivity contribution is 0.220. The van der Waals surface area contributed by atoms with Crippen LogP contribution < -0.4 is 4.74 Å². The van der Waals surface area contributed by atoms with Gasteiger partial charge in [-0.2, -0.15) is 0 Å². The average molecular weight is 492 g/mol. The van der Waals surface area contributed by atoms with Crippen LogP contribution in [0.1, 0.15) is 28.5 Å². The number of rotatable bonds is 5. The number of imidazole rings is 1. The number of benzene rings is 2. The smallest absolute Gasteiger partial charge is 0.180 e. The molecule has 0 radical (unpaired) electrons. The second-order valence-electron chi connectivity index (χ2n) is 6.62. The van der Waals surface area contributed by atoms with Crippen molar-refractivity contribution in [2.45, 2.75) is 19.6 Å². The summed E-state index contributed by atoms with van der Waals surface area (Å²) in [5, 5.41) is 11.5. The molecule has 0 saturated heterocycles. The minimum Gasteiger partial charge on any atom is -0.485 e. The van der Waals surface area contributed by atoms with Gasteiger partial charge in [-0.05, 0) is 58.2 Å². The molecule has 0 aliphatic carbocycles. The van der Waals surface area contributed by atoms with Crippen molar-refractivity contribution in [2.24, 2.45) is 0 Å². The fourth-order valence-corrected chi connectivity index (χ4v) is 4.12. The van der Waals surface area contributed by atoms with Gasteiger partial charge in [0.1, 0.15) is 17.3 Å². The zero-order valence-electron chi connectivity index (χ0n) is 15.4. The van der Waals surface area contributed by atoms with Gasteiger partial charge in [-0.25, -0.2) is 4.98 Å². The molecule has 0 amide bonds. The third-order valence-electron chi connectivity index (χ3n) is 4.68. The second-order valence-corrected chi connectivity index (χ2v) is 8.18. The van der Waals surface area contributed by atoms with E-state index in [2.05, 4.69) is 20.9 Å². The molecule has 2 aromatic heterocycles. The Morgan fingerprint density at radius 3 is 2.45 bits per heavy atom. The molecule has 0 fully saturated rings. The number of aromatic nitrogens is 2. The van der Waals surface area contributed by atoms with Gasteiger partial charge in [-0.3, -0.25) is 4.40 Å². The molecule has 4 nitrogen and oxygen atoms in total. The number of fused-ring (bicyclic) bond motifs is 1. The van der Waals surface area contributed by atoms with Crippen molar-refractivity contribution < 1.29 is 9.84 Å². The van der Waals surface area contributed by atoms with E-state index in [0.29, 0.717) is 32.6 Å². The van der Waals surface area contributed by atoms with E-state index >= 15 is 0 Å². The Balaban J connectivity index is 1.60. The van der Waals surface area contributed by atoms with Crippen molar-refractivity contribution in [1.82, 2.24) is 9.38 Å². The van der Waals surface area contributed by atoms with E-state index in [1.807, 2.05) is 60.0 Å². The Hall–Kier alpha value is -2.05. The molecule has 2 aromatic carbocycles. The summed E-state index contributed by atoms with van der Waals surface area (Å²) in [4.78, 5) is 4.53. The third kappa shape index (κ3) is 4.01. The topological polar surface area (TPSA) is 46.8 Å². The number of hydrogen-bond acceptors (Lipinski definition) is 3. The van der Waals surface area contributed by atoms with Crippen molar-refractivity contribution in [1.29, 1.82) is 0 Å². The molecule has 0 spiro atoms. The van der Waals surface area contributed by atoms with Crippen LogP contribution in [0.5, 0.6) is 5.75 Å². The molecule has 0 saturated carbocycles. The summed E-state index contributed by atoms with van der Waals surface area (Å²) in [6, 6.07) is 16.5. The molecule has 0 aliphatic heterocycles. The molecule has 2 heterocycles. The Morgan fingerprint density at radius 1 is 1.07 bits per heavy atom. The lowest BCUT2D eigenvalue weighted by atomic mass is 10.0. The van der Waals surface area contributed by atoms with E-state index in [9.17, 15) is 5.11 Å². The average Bonchev–Trinajstić information content (AvgIpc) is 3.02. The maximum atomic E-state index is 10.6. The Kier molecular flexibility index (Phi) is 5.83. The summed E-state index contributed by atoms with van der Waals surface area (Å²) in [7, 11) is 0. The standard InChI is InChI=1S/C22H17BrCl2N2O2/c1-13-21(23)27-9-5-8-19(22(27)26-13)29-12-16-17(24)10-15(11-18(16)25)20(28)14-6-3-2-4-7-14/h2-11,20,28H,12H2,1H3. The summed E-state index contributed by atoms with van der Waals surface area (Å²) in [6.07, 6.45) is 1.10. The van der Waals surface area contributed by atoms with Gasteiger partial charge >= 0.3 is 0 Å². The quantitative estimate of drug-likeness (QED) is 0.352. The van der Waals surface area contributed by atoms with Gasteiger partial charge in [-0.15, -0.1) is 0 Å². The summed E-state index contributed by atoms with van der Waals surface area (Å²) in [5.41, 5.74) is 3.64. The van der Waals surface area contributed by atoms with Crippen LogP contribution in [0.25, 0.3) is 5.65 Å². The minimum atomic E-state index is -0.805. The zero-order chi connectivity index (χ0) is 20.5. The molecular weight excluding hydrogens is 475 g/mol. The molecule has 1 N–H and O–H groups in total. The maximum absolute atomic E-state index is 10.6. The number of pyridine rings is 1. The number of hydrogen-bond donors (Lipinski definition) is 1. The van der Waals surface area contributed by atoms with Crippen LogP contribution in [0.4, 0.5) is 0 Å². The van der Waals surface area contributed by atoms with Gasteiger partial charge in [0.25, 0.3) is 0 Å². The molecule has 148 valence electrons. The number of aliphatic hydroxyl groups excluding tert-OH is 1. The van der Waals surface area contributed by atoms with Crippen LogP contribution in [-0.4, -0.2) is 14.5 Å². The van der Waals surface area contributed by atoms with E-state index in [0.717, 1.165) is 15.9 Å². The number of ether oxygens (including phenoxy) is 1. The van der Waals surface area contributed by atoms with Gasteiger partial charge in [0.05, 0.1) is 5.69 Å². The van der Waals surface area contributed by atoms with Crippen LogP contribution >= 0.6 is 39.1 Å². The fraction of sp³-hybridized carbons (Fsp3) is 0.136.